The summed E-state index contributed by atoms with van der Waals surface area (Å²) in [5.74, 6) is -1.19. The highest BCUT2D eigenvalue weighted by Crippen LogP contribution is 2.36. The van der Waals surface area contributed by atoms with E-state index < -0.39 is 29.7 Å². The third-order valence-electron chi connectivity index (χ3n) is 4.68. The number of carbonyl (C=O) groups is 2. The predicted molar refractivity (Wildman–Crippen MR) is 115 cm³/mol. The second-order valence-corrected chi connectivity index (χ2v) is 7.72. The molecule has 32 heavy (non-hydrogen) atoms. The van der Waals surface area contributed by atoms with Gasteiger partial charge < -0.3 is 10.6 Å². The van der Waals surface area contributed by atoms with Gasteiger partial charge in [0.2, 0.25) is 5.91 Å². The highest BCUT2D eigenvalue weighted by atomic mass is 79.9. The lowest BCUT2D eigenvalue weighted by molar-refractivity contribution is -0.142. The Balaban J connectivity index is 1.85. The van der Waals surface area contributed by atoms with Gasteiger partial charge in [-0.2, -0.15) is 23.4 Å². The molecule has 2 aromatic heterocycles. The van der Waals surface area contributed by atoms with E-state index in [1.807, 2.05) is 6.92 Å². The van der Waals surface area contributed by atoms with Crippen LogP contribution in [0.1, 0.15) is 41.8 Å². The lowest BCUT2D eigenvalue weighted by Crippen LogP contribution is -2.26. The van der Waals surface area contributed by atoms with Gasteiger partial charge in [-0.1, -0.05) is 18.2 Å². The van der Waals surface area contributed by atoms with Gasteiger partial charge in [0.25, 0.3) is 5.91 Å². The third-order valence-corrected chi connectivity index (χ3v) is 5.63. The Kier molecular flexibility index (Phi) is 6.72. The maximum absolute atomic E-state index is 13.2. The van der Waals surface area contributed by atoms with Crippen LogP contribution in [0.5, 0.6) is 0 Å². The average molecular weight is 513 g/mol. The summed E-state index contributed by atoms with van der Waals surface area (Å²) in [5.41, 5.74) is -0.309. The highest BCUT2D eigenvalue weighted by Gasteiger charge is 2.39. The maximum atomic E-state index is 13.2. The van der Waals surface area contributed by atoms with E-state index in [0.29, 0.717) is 12.2 Å². The van der Waals surface area contributed by atoms with Gasteiger partial charge in [0.05, 0.1) is 15.9 Å². The largest absolute Gasteiger partial charge is 0.436 e. The normalized spacial score (nSPS) is 12.5. The van der Waals surface area contributed by atoms with Gasteiger partial charge in [-0.25, -0.2) is 0 Å². The molecule has 2 N–H and O–H groups in total. The summed E-state index contributed by atoms with van der Waals surface area (Å²) >= 11 is 2.89. The molecule has 170 valence electrons. The fourth-order valence-electron chi connectivity index (χ4n) is 2.96. The number of carbonyl (C=O) groups excluding carboxylic acids is 2. The van der Waals surface area contributed by atoms with Gasteiger partial charge in [-0.05, 0) is 48.8 Å². The number of hydrogen-bond donors (Lipinski definition) is 2. The van der Waals surface area contributed by atoms with E-state index in [2.05, 4.69) is 36.8 Å². The Labute approximate surface area is 189 Å². The molecule has 0 aliphatic carbocycles. The van der Waals surface area contributed by atoms with Crippen molar-refractivity contribution < 1.29 is 22.8 Å². The van der Waals surface area contributed by atoms with Gasteiger partial charge in [0, 0.05) is 18.4 Å². The standard InChI is InChI=1S/C20H20BrF3N6O2/c1-4-29-10-14(16(27-29)19(32)25-13-8-6-5-7-9-13)26-18(31)12(3)30-11(2)15(21)17(28-30)20(22,23)24/h5-10,12H,4H2,1-3H3,(H,25,32)(H,26,31). The molecule has 12 heteroatoms. The Morgan fingerprint density at radius 3 is 2.38 bits per heavy atom. The first-order chi connectivity index (χ1) is 15.0. The predicted octanol–water partition coefficient (Wildman–Crippen LogP) is 4.64. The van der Waals surface area contributed by atoms with E-state index >= 15 is 0 Å². The zero-order chi connectivity index (χ0) is 23.6. The quantitative estimate of drug-likeness (QED) is 0.502. The minimum atomic E-state index is -4.67. The molecule has 0 aliphatic rings. The Morgan fingerprint density at radius 1 is 1.16 bits per heavy atom. The first-order valence-corrected chi connectivity index (χ1v) is 10.4. The van der Waals surface area contributed by atoms with Crippen LogP contribution in [-0.2, 0) is 17.5 Å². The van der Waals surface area contributed by atoms with Crippen molar-refractivity contribution in [1.82, 2.24) is 19.6 Å². The van der Waals surface area contributed by atoms with E-state index in [1.54, 1.807) is 30.3 Å². The molecule has 0 bridgehead atoms. The van der Waals surface area contributed by atoms with Crippen LogP contribution in [0.15, 0.2) is 41.0 Å². The van der Waals surface area contributed by atoms with E-state index in [0.717, 1.165) is 4.68 Å². The zero-order valence-corrected chi connectivity index (χ0v) is 19.0. The van der Waals surface area contributed by atoms with Crippen molar-refractivity contribution in [3.05, 3.63) is 58.1 Å². The van der Waals surface area contributed by atoms with Crippen LogP contribution >= 0.6 is 15.9 Å². The van der Waals surface area contributed by atoms with Crippen molar-refractivity contribution in [3.8, 4) is 0 Å². The van der Waals surface area contributed by atoms with Crippen molar-refractivity contribution in [3.63, 3.8) is 0 Å². The van der Waals surface area contributed by atoms with Crippen molar-refractivity contribution in [2.75, 3.05) is 10.6 Å². The molecule has 8 nitrogen and oxygen atoms in total. The molecule has 0 spiro atoms. The molecule has 2 heterocycles. The molecule has 2 amide bonds. The summed E-state index contributed by atoms with van der Waals surface area (Å²) in [6.07, 6.45) is -3.19. The van der Waals surface area contributed by atoms with Gasteiger partial charge in [-0.3, -0.25) is 19.0 Å². The number of halogens is 4. The van der Waals surface area contributed by atoms with Gasteiger partial charge >= 0.3 is 6.18 Å². The molecule has 0 aliphatic heterocycles. The number of nitrogens with one attached hydrogen (secondary N) is 2. The fraction of sp³-hybridized carbons (Fsp3) is 0.300. The number of amides is 2. The summed E-state index contributed by atoms with van der Waals surface area (Å²) in [6, 6.07) is 7.62. The molecular formula is C20H20BrF3N6O2. The summed E-state index contributed by atoms with van der Waals surface area (Å²) in [5, 5.41) is 13.0. The molecule has 3 aromatic rings. The number of alkyl halides is 3. The molecule has 3 rings (SSSR count). The van der Waals surface area contributed by atoms with Crippen LogP contribution in [0.3, 0.4) is 0 Å². The molecule has 1 atom stereocenters. The minimum absolute atomic E-state index is 0.0226. The second-order valence-electron chi connectivity index (χ2n) is 6.92. The fourth-order valence-corrected chi connectivity index (χ4v) is 3.45. The van der Waals surface area contributed by atoms with Crippen LogP contribution in [-0.4, -0.2) is 31.4 Å². The van der Waals surface area contributed by atoms with Gasteiger partial charge in [-0.15, -0.1) is 0 Å². The number of rotatable bonds is 6. The first kappa shape index (κ1) is 23.5. The number of hydrogen-bond acceptors (Lipinski definition) is 4. The van der Waals surface area contributed by atoms with Crippen LogP contribution < -0.4 is 10.6 Å². The van der Waals surface area contributed by atoms with Crippen molar-refractivity contribution in [2.45, 2.75) is 39.5 Å². The molecule has 1 aromatic carbocycles. The van der Waals surface area contributed by atoms with E-state index in [9.17, 15) is 22.8 Å². The van der Waals surface area contributed by atoms with Gasteiger partial charge in [0.15, 0.2) is 11.4 Å². The van der Waals surface area contributed by atoms with Gasteiger partial charge in [0.1, 0.15) is 6.04 Å². The smallest absolute Gasteiger partial charge is 0.321 e. The summed E-state index contributed by atoms with van der Waals surface area (Å²) in [4.78, 5) is 25.5. The van der Waals surface area contributed by atoms with Crippen LogP contribution in [0.4, 0.5) is 24.5 Å². The lowest BCUT2D eigenvalue weighted by Gasteiger charge is -2.14. The number of aromatic nitrogens is 4. The number of nitrogens with zero attached hydrogens (tertiary/aromatic N) is 4. The Hall–Kier alpha value is -3.15. The van der Waals surface area contributed by atoms with Crippen LogP contribution in [0, 0.1) is 6.92 Å². The molecular weight excluding hydrogens is 493 g/mol. The number of aryl methyl sites for hydroxylation is 1. The second kappa shape index (κ2) is 9.15. The molecule has 0 fully saturated rings. The van der Waals surface area contributed by atoms with Crippen LogP contribution in [0.25, 0.3) is 0 Å². The Bertz CT molecular complexity index is 1140. The van der Waals surface area contributed by atoms with E-state index in [4.69, 9.17) is 0 Å². The van der Waals surface area contributed by atoms with Crippen molar-refractivity contribution in [2.24, 2.45) is 0 Å². The third kappa shape index (κ3) is 4.85. The first-order valence-electron chi connectivity index (χ1n) is 9.59. The number of para-hydroxylation sites is 1. The topological polar surface area (TPSA) is 93.8 Å². The zero-order valence-electron chi connectivity index (χ0n) is 17.4. The Morgan fingerprint density at radius 2 is 1.81 bits per heavy atom. The maximum Gasteiger partial charge on any atom is 0.436 e. The van der Waals surface area contributed by atoms with E-state index in [-0.39, 0.29) is 21.5 Å². The summed E-state index contributed by atoms with van der Waals surface area (Å²) in [6.45, 7) is 5.08. The molecule has 0 saturated heterocycles. The molecule has 0 radical (unpaired) electrons. The van der Waals surface area contributed by atoms with E-state index in [1.165, 1.54) is 24.7 Å². The lowest BCUT2D eigenvalue weighted by atomic mass is 10.2. The molecule has 0 saturated carbocycles. The number of benzene rings is 1. The summed E-state index contributed by atoms with van der Waals surface area (Å²) in [7, 11) is 0. The minimum Gasteiger partial charge on any atom is -0.321 e. The van der Waals surface area contributed by atoms with Crippen molar-refractivity contribution >= 4 is 39.1 Å². The average Bonchev–Trinajstić information content (AvgIpc) is 3.29. The number of anilines is 2. The summed E-state index contributed by atoms with van der Waals surface area (Å²) < 4.78 is 41.7. The highest BCUT2D eigenvalue weighted by molar-refractivity contribution is 9.10. The van der Waals surface area contributed by atoms with Crippen LogP contribution in [0.2, 0.25) is 0 Å². The SMILES string of the molecule is CCn1cc(NC(=O)C(C)n2nc(C(F)(F)F)c(Br)c2C)c(C(=O)Nc2ccccc2)n1. The molecule has 1 unspecified atom stereocenters. The monoisotopic (exact) mass is 512 g/mol. The van der Waals surface area contributed by atoms with Crippen molar-refractivity contribution in [1.29, 1.82) is 0 Å².